The van der Waals surface area contributed by atoms with Gasteiger partial charge in [-0.25, -0.2) is 4.39 Å². The molecule has 0 aliphatic heterocycles. The van der Waals surface area contributed by atoms with Gasteiger partial charge in [-0.05, 0) is 30.8 Å². The SMILES string of the molecule is CCCNC(=S)Nc1noc2c(F)cccc12. The van der Waals surface area contributed by atoms with Crippen molar-refractivity contribution < 1.29 is 8.91 Å². The van der Waals surface area contributed by atoms with Crippen LogP contribution in [-0.4, -0.2) is 16.8 Å². The van der Waals surface area contributed by atoms with E-state index in [0.29, 0.717) is 16.3 Å². The van der Waals surface area contributed by atoms with Gasteiger partial charge in [-0.1, -0.05) is 18.1 Å². The Kier molecular flexibility index (Phi) is 3.53. The van der Waals surface area contributed by atoms with E-state index in [-0.39, 0.29) is 5.58 Å². The number of para-hydroxylation sites is 1. The summed E-state index contributed by atoms with van der Waals surface area (Å²) < 4.78 is 18.2. The van der Waals surface area contributed by atoms with E-state index in [0.717, 1.165) is 13.0 Å². The monoisotopic (exact) mass is 253 g/mol. The van der Waals surface area contributed by atoms with E-state index in [1.807, 2.05) is 6.92 Å². The minimum atomic E-state index is -0.435. The molecule has 0 aliphatic rings. The fraction of sp³-hybridized carbons (Fsp3) is 0.273. The summed E-state index contributed by atoms with van der Waals surface area (Å²) in [6.45, 7) is 2.81. The maximum Gasteiger partial charge on any atom is 0.204 e. The van der Waals surface area contributed by atoms with Crippen LogP contribution in [0.2, 0.25) is 0 Å². The van der Waals surface area contributed by atoms with Crippen LogP contribution < -0.4 is 10.6 Å². The number of hydrogen-bond donors (Lipinski definition) is 2. The number of fused-ring (bicyclic) bond motifs is 1. The molecule has 6 heteroatoms. The van der Waals surface area contributed by atoms with Crippen molar-refractivity contribution in [2.45, 2.75) is 13.3 Å². The lowest BCUT2D eigenvalue weighted by molar-refractivity contribution is 0.443. The standard InChI is InChI=1S/C11H12FN3OS/c1-2-6-13-11(17)14-10-7-4-3-5-8(12)9(7)16-15-10/h3-5H,2,6H2,1H3,(H2,13,14,15,17). The van der Waals surface area contributed by atoms with Gasteiger partial charge in [0, 0.05) is 6.54 Å². The van der Waals surface area contributed by atoms with Crippen molar-refractivity contribution in [1.82, 2.24) is 10.5 Å². The molecule has 0 aliphatic carbocycles. The third-order valence-corrected chi connectivity index (χ3v) is 2.46. The second-order valence-corrected chi connectivity index (χ2v) is 3.94. The molecule has 2 aromatic rings. The average Bonchev–Trinajstić information content (AvgIpc) is 2.71. The lowest BCUT2D eigenvalue weighted by Crippen LogP contribution is -2.29. The summed E-state index contributed by atoms with van der Waals surface area (Å²) in [7, 11) is 0. The van der Waals surface area contributed by atoms with Crippen LogP contribution in [0.15, 0.2) is 22.7 Å². The predicted molar refractivity (Wildman–Crippen MR) is 68.5 cm³/mol. The fourth-order valence-corrected chi connectivity index (χ4v) is 1.61. The van der Waals surface area contributed by atoms with E-state index in [4.69, 9.17) is 16.7 Å². The van der Waals surface area contributed by atoms with Crippen LogP contribution >= 0.6 is 12.2 Å². The summed E-state index contributed by atoms with van der Waals surface area (Å²) in [6, 6.07) is 4.65. The molecule has 1 aromatic heterocycles. The molecule has 1 aromatic carbocycles. The van der Waals surface area contributed by atoms with E-state index >= 15 is 0 Å². The second-order valence-electron chi connectivity index (χ2n) is 3.53. The molecule has 0 fully saturated rings. The Morgan fingerprint density at radius 2 is 2.35 bits per heavy atom. The van der Waals surface area contributed by atoms with Gasteiger partial charge in [0.25, 0.3) is 0 Å². The van der Waals surface area contributed by atoms with E-state index in [1.165, 1.54) is 6.07 Å². The zero-order valence-electron chi connectivity index (χ0n) is 9.29. The molecule has 0 atom stereocenters. The lowest BCUT2D eigenvalue weighted by atomic mass is 10.2. The minimum Gasteiger partial charge on any atom is -0.362 e. The van der Waals surface area contributed by atoms with Gasteiger partial charge in [0.2, 0.25) is 5.58 Å². The highest BCUT2D eigenvalue weighted by Crippen LogP contribution is 2.24. The smallest absolute Gasteiger partial charge is 0.204 e. The van der Waals surface area contributed by atoms with Gasteiger partial charge in [0.05, 0.1) is 5.39 Å². The van der Waals surface area contributed by atoms with Crippen molar-refractivity contribution in [2.75, 3.05) is 11.9 Å². The maximum absolute atomic E-state index is 13.3. The largest absolute Gasteiger partial charge is 0.362 e. The van der Waals surface area contributed by atoms with Crippen molar-refractivity contribution >= 4 is 34.1 Å². The first-order chi connectivity index (χ1) is 8.22. The molecular formula is C11H12FN3OS. The summed E-state index contributed by atoms with van der Waals surface area (Å²) in [4.78, 5) is 0. The Hall–Kier alpha value is -1.69. The lowest BCUT2D eigenvalue weighted by Gasteiger charge is -2.06. The van der Waals surface area contributed by atoms with Gasteiger partial charge in [0.1, 0.15) is 0 Å². The molecule has 0 bridgehead atoms. The normalized spacial score (nSPS) is 10.5. The zero-order chi connectivity index (χ0) is 12.3. The highest BCUT2D eigenvalue weighted by atomic mass is 32.1. The first kappa shape index (κ1) is 11.8. The molecule has 0 spiro atoms. The van der Waals surface area contributed by atoms with Crippen molar-refractivity contribution in [3.8, 4) is 0 Å². The van der Waals surface area contributed by atoms with Gasteiger partial charge in [-0.3, -0.25) is 0 Å². The quantitative estimate of drug-likeness (QED) is 0.824. The number of anilines is 1. The minimum absolute atomic E-state index is 0.133. The maximum atomic E-state index is 13.3. The zero-order valence-corrected chi connectivity index (χ0v) is 10.1. The fourth-order valence-electron chi connectivity index (χ4n) is 1.41. The number of hydrogen-bond acceptors (Lipinski definition) is 3. The van der Waals surface area contributed by atoms with Crippen LogP contribution in [0, 0.1) is 5.82 Å². The Bertz CT molecular complexity index is 540. The number of benzene rings is 1. The molecule has 90 valence electrons. The highest BCUT2D eigenvalue weighted by molar-refractivity contribution is 7.80. The van der Waals surface area contributed by atoms with Crippen molar-refractivity contribution in [3.05, 3.63) is 24.0 Å². The number of rotatable bonds is 3. The first-order valence-electron chi connectivity index (χ1n) is 5.31. The molecule has 0 saturated carbocycles. The van der Waals surface area contributed by atoms with Gasteiger partial charge in [-0.2, -0.15) is 0 Å². The number of thiocarbonyl (C=S) groups is 1. The van der Waals surface area contributed by atoms with Crippen LogP contribution in [0.4, 0.5) is 10.2 Å². The van der Waals surface area contributed by atoms with E-state index < -0.39 is 5.82 Å². The molecule has 2 rings (SSSR count). The van der Waals surface area contributed by atoms with Gasteiger partial charge >= 0.3 is 0 Å². The Morgan fingerprint density at radius 1 is 1.53 bits per heavy atom. The number of aromatic nitrogens is 1. The van der Waals surface area contributed by atoms with Crippen LogP contribution in [0.5, 0.6) is 0 Å². The average molecular weight is 253 g/mol. The van der Waals surface area contributed by atoms with Gasteiger partial charge in [0.15, 0.2) is 16.7 Å². The molecule has 0 saturated heterocycles. The molecule has 1 heterocycles. The molecule has 0 unspecified atom stereocenters. The molecular weight excluding hydrogens is 241 g/mol. The van der Waals surface area contributed by atoms with Crippen molar-refractivity contribution in [2.24, 2.45) is 0 Å². The third-order valence-electron chi connectivity index (χ3n) is 2.22. The summed E-state index contributed by atoms with van der Waals surface area (Å²) in [5, 5.41) is 10.6. The first-order valence-corrected chi connectivity index (χ1v) is 5.72. The summed E-state index contributed by atoms with van der Waals surface area (Å²) in [5.74, 6) is -0.0106. The third kappa shape index (κ3) is 2.52. The van der Waals surface area contributed by atoms with E-state index in [1.54, 1.807) is 12.1 Å². The molecule has 2 N–H and O–H groups in total. The van der Waals surface area contributed by atoms with E-state index in [2.05, 4.69) is 15.8 Å². The van der Waals surface area contributed by atoms with Crippen LogP contribution in [0.25, 0.3) is 11.0 Å². The van der Waals surface area contributed by atoms with Crippen LogP contribution in [-0.2, 0) is 0 Å². The molecule has 0 amide bonds. The van der Waals surface area contributed by atoms with Gasteiger partial charge < -0.3 is 15.2 Å². The number of nitrogens with one attached hydrogen (secondary N) is 2. The Labute approximate surface area is 103 Å². The molecule has 4 nitrogen and oxygen atoms in total. The van der Waals surface area contributed by atoms with Crippen LogP contribution in [0.1, 0.15) is 13.3 Å². The molecule has 0 radical (unpaired) electrons. The van der Waals surface area contributed by atoms with Crippen molar-refractivity contribution in [1.29, 1.82) is 0 Å². The Morgan fingerprint density at radius 3 is 3.12 bits per heavy atom. The number of halogens is 1. The summed E-state index contributed by atoms with van der Waals surface area (Å²) >= 11 is 5.07. The van der Waals surface area contributed by atoms with E-state index in [9.17, 15) is 4.39 Å². The second kappa shape index (κ2) is 5.09. The highest BCUT2D eigenvalue weighted by Gasteiger charge is 2.12. The van der Waals surface area contributed by atoms with Gasteiger partial charge in [-0.15, -0.1) is 0 Å². The van der Waals surface area contributed by atoms with Crippen LogP contribution in [0.3, 0.4) is 0 Å². The summed E-state index contributed by atoms with van der Waals surface area (Å²) in [6.07, 6.45) is 0.968. The number of nitrogens with zero attached hydrogens (tertiary/aromatic N) is 1. The van der Waals surface area contributed by atoms with Crippen molar-refractivity contribution in [3.63, 3.8) is 0 Å². The Balaban J connectivity index is 2.19. The summed E-state index contributed by atoms with van der Waals surface area (Å²) in [5.41, 5.74) is 0.133. The predicted octanol–water partition coefficient (Wildman–Crippen LogP) is 2.66. The molecule has 17 heavy (non-hydrogen) atoms. The topological polar surface area (TPSA) is 50.1 Å².